The first-order valence-electron chi connectivity index (χ1n) is 9.26. The van der Waals surface area contributed by atoms with Gasteiger partial charge < -0.3 is 9.16 Å². The number of halogens is 1. The van der Waals surface area contributed by atoms with Crippen LogP contribution in [0.1, 0.15) is 51.4 Å². The molecule has 2 rings (SSSR count). The van der Waals surface area contributed by atoms with Gasteiger partial charge in [-0.1, -0.05) is 27.7 Å². The van der Waals surface area contributed by atoms with Gasteiger partial charge in [-0.15, -0.1) is 11.3 Å². The third-order valence-corrected chi connectivity index (χ3v) is 10.9. The van der Waals surface area contributed by atoms with E-state index >= 15 is 0 Å². The van der Waals surface area contributed by atoms with Crippen LogP contribution in [0.25, 0.3) is 0 Å². The average Bonchev–Trinajstić information content (AvgIpc) is 3.05. The topological polar surface area (TPSA) is 60.5 Å². The molecule has 0 bridgehead atoms. The van der Waals surface area contributed by atoms with Gasteiger partial charge >= 0.3 is 0 Å². The lowest BCUT2D eigenvalue weighted by molar-refractivity contribution is -0.110. The summed E-state index contributed by atoms with van der Waals surface area (Å²) in [7, 11) is -2.02. The van der Waals surface area contributed by atoms with Gasteiger partial charge in [-0.2, -0.15) is 0 Å². The summed E-state index contributed by atoms with van der Waals surface area (Å²) >= 11 is 3.58. The summed E-state index contributed by atoms with van der Waals surface area (Å²) in [5.74, 6) is -0.336. The van der Waals surface area contributed by atoms with Gasteiger partial charge in [-0.25, -0.2) is 4.98 Å². The van der Waals surface area contributed by atoms with Crippen LogP contribution in [0.4, 0.5) is 5.13 Å². The lowest BCUT2D eigenvalue weighted by Gasteiger charge is -2.43. The molecule has 1 heterocycles. The van der Waals surface area contributed by atoms with Gasteiger partial charge in [-0.05, 0) is 58.9 Å². The predicted octanol–water partition coefficient (Wildman–Crippen LogP) is 6.53. The van der Waals surface area contributed by atoms with E-state index in [0.29, 0.717) is 22.9 Å². The summed E-state index contributed by atoms with van der Waals surface area (Å²) in [4.78, 5) is 16.7. The minimum Gasteiger partial charge on any atom is -0.464 e. The number of anilines is 1. The normalized spacial score (nSPS) is 14.4. The summed E-state index contributed by atoms with van der Waals surface area (Å²) < 4.78 is 13.8. The molecule has 0 aliphatic rings. The highest BCUT2D eigenvalue weighted by molar-refractivity contribution is 14.1. The number of hydrogen-bond acceptors (Lipinski definition) is 5. The molecule has 1 atom stereocenters. The van der Waals surface area contributed by atoms with Crippen molar-refractivity contribution in [2.24, 2.45) is 0 Å². The summed E-state index contributed by atoms with van der Waals surface area (Å²) in [5, 5.41) is 5.29. The van der Waals surface area contributed by atoms with Crippen molar-refractivity contribution in [1.82, 2.24) is 4.98 Å². The van der Waals surface area contributed by atoms with Crippen molar-refractivity contribution in [3.05, 3.63) is 38.9 Å². The molecule has 2 aromatic rings. The predicted molar refractivity (Wildman–Crippen MR) is 127 cm³/mol. The Morgan fingerprint density at radius 3 is 2.46 bits per heavy atom. The number of carbonyl (C=O) groups excluding carboxylic acids is 1. The largest absolute Gasteiger partial charge is 0.464 e. The van der Waals surface area contributed by atoms with Crippen molar-refractivity contribution in [3.63, 3.8) is 0 Å². The number of rotatable bonds is 7. The van der Waals surface area contributed by atoms with Crippen LogP contribution in [0.2, 0.25) is 18.1 Å². The first kappa shape index (κ1) is 23.3. The molecule has 5 nitrogen and oxygen atoms in total. The molecule has 0 saturated carbocycles. The summed E-state index contributed by atoms with van der Waals surface area (Å²) in [6, 6.07) is 5.51. The number of ether oxygens (including phenoxy) is 1. The summed E-state index contributed by atoms with van der Waals surface area (Å²) in [5.41, 5.74) is 0.530. The van der Waals surface area contributed by atoms with Gasteiger partial charge in [-0.3, -0.25) is 10.1 Å². The van der Waals surface area contributed by atoms with Crippen LogP contribution in [-0.2, 0) is 4.43 Å². The maximum absolute atomic E-state index is 12.6. The number of carbonyl (C=O) groups is 1. The molecule has 1 amide bonds. The number of nitrogens with zero attached hydrogens (tertiary/aromatic N) is 1. The molecule has 0 saturated heterocycles. The monoisotopic (exact) mass is 532 g/mol. The number of amides is 1. The highest BCUT2D eigenvalue weighted by Crippen LogP contribution is 2.40. The fraction of sp³-hybridized carbons (Fsp3) is 0.500. The zero-order valence-electron chi connectivity index (χ0n) is 17.6. The third kappa shape index (κ3) is 6.01. The average molecular weight is 533 g/mol. The fourth-order valence-electron chi connectivity index (χ4n) is 2.31. The van der Waals surface area contributed by atoms with E-state index in [0.717, 1.165) is 3.57 Å². The Bertz CT molecular complexity index is 821. The standard InChI is InChI=1S/C20H29IN2O3SSi/c1-8-20(5,26-28(6,7)19(2,3)4)25-16-12-14(11-15(21)13-16)17(24)23-18-22-9-10-27-18/h9-13H,8H2,1-7H3,(H,22,23,24). The Morgan fingerprint density at radius 1 is 1.25 bits per heavy atom. The van der Waals surface area contributed by atoms with Crippen molar-refractivity contribution in [2.45, 2.75) is 65.0 Å². The molecule has 1 N–H and O–H groups in total. The van der Waals surface area contributed by atoms with Crippen molar-refractivity contribution in [1.29, 1.82) is 0 Å². The number of thiazole rings is 1. The minimum atomic E-state index is -2.02. The van der Waals surface area contributed by atoms with E-state index in [2.05, 4.69) is 73.7 Å². The first-order valence-corrected chi connectivity index (χ1v) is 14.1. The van der Waals surface area contributed by atoms with E-state index in [-0.39, 0.29) is 10.9 Å². The van der Waals surface area contributed by atoms with E-state index in [1.807, 2.05) is 24.4 Å². The van der Waals surface area contributed by atoms with Crippen LogP contribution < -0.4 is 10.1 Å². The van der Waals surface area contributed by atoms with Gasteiger partial charge in [0.2, 0.25) is 0 Å². The highest BCUT2D eigenvalue weighted by Gasteiger charge is 2.43. The van der Waals surface area contributed by atoms with Crippen LogP contribution in [0.15, 0.2) is 29.8 Å². The summed E-state index contributed by atoms with van der Waals surface area (Å²) in [6.45, 7) is 15.1. The summed E-state index contributed by atoms with van der Waals surface area (Å²) in [6.07, 6.45) is 2.36. The van der Waals surface area contributed by atoms with E-state index < -0.39 is 14.1 Å². The van der Waals surface area contributed by atoms with Crippen LogP contribution >= 0.6 is 33.9 Å². The van der Waals surface area contributed by atoms with Crippen LogP contribution in [-0.4, -0.2) is 25.0 Å². The Kier molecular flexibility index (Phi) is 7.33. The molecule has 0 aliphatic carbocycles. The number of nitrogens with one attached hydrogen (secondary N) is 1. The molecular weight excluding hydrogens is 503 g/mol. The van der Waals surface area contributed by atoms with E-state index in [1.54, 1.807) is 12.3 Å². The van der Waals surface area contributed by atoms with Gasteiger partial charge in [0, 0.05) is 34.1 Å². The Hall–Kier alpha value is -0.973. The SMILES string of the molecule is CCC(C)(Oc1cc(I)cc(C(=O)Nc2nccs2)c1)O[Si](C)(C)C(C)(C)C. The van der Waals surface area contributed by atoms with Crippen LogP contribution in [0, 0.1) is 3.57 Å². The molecule has 0 aliphatic heterocycles. The smallest absolute Gasteiger partial charge is 0.257 e. The van der Waals surface area contributed by atoms with Crippen molar-refractivity contribution in [3.8, 4) is 5.75 Å². The molecule has 0 radical (unpaired) electrons. The zero-order valence-corrected chi connectivity index (χ0v) is 21.5. The lowest BCUT2D eigenvalue weighted by atomic mass is 10.2. The van der Waals surface area contributed by atoms with Gasteiger partial charge in [0.05, 0.1) is 0 Å². The van der Waals surface area contributed by atoms with E-state index in [9.17, 15) is 4.79 Å². The second kappa shape index (κ2) is 8.81. The third-order valence-electron chi connectivity index (χ3n) is 5.04. The molecule has 1 aromatic heterocycles. The minimum absolute atomic E-state index is 0.0800. The van der Waals surface area contributed by atoms with Crippen molar-refractivity contribution >= 4 is 53.3 Å². The molecular formula is C20H29IN2O3SSi. The Labute approximate surface area is 186 Å². The second-order valence-corrected chi connectivity index (χ2v) is 15.3. The maximum Gasteiger partial charge on any atom is 0.257 e. The molecule has 1 unspecified atom stereocenters. The van der Waals surface area contributed by atoms with Crippen LogP contribution in [0.3, 0.4) is 0 Å². The highest BCUT2D eigenvalue weighted by atomic mass is 127. The maximum atomic E-state index is 12.6. The van der Waals surface area contributed by atoms with Gasteiger partial charge in [0.15, 0.2) is 19.2 Å². The second-order valence-electron chi connectivity index (χ2n) is 8.42. The molecule has 0 spiro atoms. The number of hydrogen-bond donors (Lipinski definition) is 1. The number of benzene rings is 1. The van der Waals surface area contributed by atoms with Crippen molar-refractivity contribution in [2.75, 3.05) is 5.32 Å². The molecule has 154 valence electrons. The van der Waals surface area contributed by atoms with Gasteiger partial charge in [0.1, 0.15) is 5.75 Å². The Balaban J connectivity index is 2.24. The molecule has 28 heavy (non-hydrogen) atoms. The van der Waals surface area contributed by atoms with E-state index in [4.69, 9.17) is 9.16 Å². The zero-order chi connectivity index (χ0) is 21.2. The Morgan fingerprint density at radius 2 is 1.93 bits per heavy atom. The van der Waals surface area contributed by atoms with Gasteiger partial charge in [0.25, 0.3) is 5.91 Å². The van der Waals surface area contributed by atoms with Crippen molar-refractivity contribution < 1.29 is 14.0 Å². The van der Waals surface area contributed by atoms with Crippen LogP contribution in [0.5, 0.6) is 5.75 Å². The fourth-order valence-corrected chi connectivity index (χ4v) is 5.05. The molecule has 1 aromatic carbocycles. The van der Waals surface area contributed by atoms with E-state index in [1.165, 1.54) is 11.3 Å². The quantitative estimate of drug-likeness (QED) is 0.250. The lowest BCUT2D eigenvalue weighted by Crippen LogP contribution is -2.51. The molecule has 0 fully saturated rings. The molecule has 8 heteroatoms. The first-order chi connectivity index (χ1) is 12.9. The number of aromatic nitrogens is 1.